The lowest BCUT2D eigenvalue weighted by Gasteiger charge is -2.13. The Labute approximate surface area is 154 Å². The predicted molar refractivity (Wildman–Crippen MR) is 102 cm³/mol. The highest BCUT2D eigenvalue weighted by Crippen LogP contribution is 2.18. The summed E-state index contributed by atoms with van der Waals surface area (Å²) >= 11 is 0. The number of carbonyl (C=O) groups excluding carboxylic acids is 1. The first-order chi connectivity index (χ1) is 12.6. The zero-order valence-electron chi connectivity index (χ0n) is 15.4. The minimum Gasteiger partial charge on any atom is -0.497 e. The molecule has 6 nitrogen and oxygen atoms in total. The van der Waals surface area contributed by atoms with Crippen molar-refractivity contribution in [3.8, 4) is 5.75 Å². The molecule has 0 unspecified atom stereocenters. The summed E-state index contributed by atoms with van der Waals surface area (Å²) in [4.78, 5) is 21.1. The van der Waals surface area contributed by atoms with Crippen LogP contribution in [0.5, 0.6) is 5.75 Å². The van der Waals surface area contributed by atoms with E-state index in [9.17, 15) is 4.79 Å². The van der Waals surface area contributed by atoms with Crippen molar-refractivity contribution < 1.29 is 9.53 Å². The van der Waals surface area contributed by atoms with Crippen LogP contribution < -0.4 is 15.4 Å². The van der Waals surface area contributed by atoms with E-state index in [-0.39, 0.29) is 11.9 Å². The van der Waals surface area contributed by atoms with Gasteiger partial charge in [0.05, 0.1) is 7.11 Å². The first kappa shape index (κ1) is 18.2. The molecule has 0 radical (unpaired) electrons. The van der Waals surface area contributed by atoms with Crippen LogP contribution in [0.1, 0.15) is 47.6 Å². The third-order valence-electron chi connectivity index (χ3n) is 4.61. The second-order valence-corrected chi connectivity index (χ2v) is 6.67. The van der Waals surface area contributed by atoms with E-state index in [1.54, 1.807) is 20.1 Å². The van der Waals surface area contributed by atoms with Crippen LogP contribution in [-0.4, -0.2) is 35.6 Å². The molecule has 2 N–H and O–H groups in total. The number of benzene rings is 1. The minimum absolute atomic E-state index is 0.113. The fourth-order valence-electron chi connectivity index (χ4n) is 3.27. The van der Waals surface area contributed by atoms with Crippen LogP contribution in [0.15, 0.2) is 30.3 Å². The van der Waals surface area contributed by atoms with E-state index in [2.05, 4.69) is 26.7 Å². The number of anilines is 1. The summed E-state index contributed by atoms with van der Waals surface area (Å²) in [5.41, 5.74) is 1.61. The highest BCUT2D eigenvalue weighted by molar-refractivity contribution is 5.93. The van der Waals surface area contributed by atoms with Crippen molar-refractivity contribution in [2.75, 3.05) is 19.0 Å². The average molecular weight is 354 g/mol. The van der Waals surface area contributed by atoms with E-state index >= 15 is 0 Å². The largest absolute Gasteiger partial charge is 0.497 e. The number of rotatable bonds is 7. The maximum atomic E-state index is 12.4. The van der Waals surface area contributed by atoms with Gasteiger partial charge < -0.3 is 15.4 Å². The lowest BCUT2D eigenvalue weighted by atomic mass is 10.1. The SMILES string of the molecule is COc1cccc(CCNc2cc(C(=O)NC3CCCC3)nc(C)n2)c1. The number of hydrogen-bond acceptors (Lipinski definition) is 5. The van der Waals surface area contributed by atoms with E-state index in [0.29, 0.717) is 23.9 Å². The molecular weight excluding hydrogens is 328 g/mol. The topological polar surface area (TPSA) is 76.1 Å². The van der Waals surface area contributed by atoms with Crippen molar-refractivity contribution in [3.05, 3.63) is 47.4 Å². The van der Waals surface area contributed by atoms with E-state index in [1.807, 2.05) is 18.2 Å². The maximum Gasteiger partial charge on any atom is 0.270 e. The normalized spacial score (nSPS) is 14.2. The number of ether oxygens (including phenoxy) is 1. The van der Waals surface area contributed by atoms with Gasteiger partial charge in [-0.05, 0) is 43.9 Å². The highest BCUT2D eigenvalue weighted by atomic mass is 16.5. The molecule has 26 heavy (non-hydrogen) atoms. The maximum absolute atomic E-state index is 12.4. The Bertz CT molecular complexity index is 757. The molecule has 1 aliphatic carbocycles. The number of methoxy groups -OCH3 is 1. The highest BCUT2D eigenvalue weighted by Gasteiger charge is 2.19. The first-order valence-electron chi connectivity index (χ1n) is 9.17. The molecule has 138 valence electrons. The Hall–Kier alpha value is -2.63. The van der Waals surface area contributed by atoms with Crippen LogP contribution in [0.4, 0.5) is 5.82 Å². The summed E-state index contributed by atoms with van der Waals surface area (Å²) in [5, 5.41) is 6.36. The second-order valence-electron chi connectivity index (χ2n) is 6.67. The van der Waals surface area contributed by atoms with Crippen molar-refractivity contribution in [2.24, 2.45) is 0 Å². The third kappa shape index (κ3) is 4.94. The molecule has 1 saturated carbocycles. The average Bonchev–Trinajstić information content (AvgIpc) is 3.14. The molecule has 0 saturated heterocycles. The van der Waals surface area contributed by atoms with Gasteiger partial charge in [0.2, 0.25) is 0 Å². The Balaban J connectivity index is 1.59. The van der Waals surface area contributed by atoms with Crippen molar-refractivity contribution in [1.82, 2.24) is 15.3 Å². The Morgan fingerprint density at radius 1 is 1.23 bits per heavy atom. The third-order valence-corrected chi connectivity index (χ3v) is 4.61. The molecule has 1 aromatic carbocycles. The number of nitrogens with one attached hydrogen (secondary N) is 2. The van der Waals surface area contributed by atoms with Crippen molar-refractivity contribution in [2.45, 2.75) is 45.1 Å². The van der Waals surface area contributed by atoms with Crippen LogP contribution in [0.25, 0.3) is 0 Å². The fraction of sp³-hybridized carbons (Fsp3) is 0.450. The monoisotopic (exact) mass is 354 g/mol. The molecular formula is C20H26N4O2. The van der Waals surface area contributed by atoms with Crippen LogP contribution in [0.2, 0.25) is 0 Å². The molecule has 0 spiro atoms. The van der Waals surface area contributed by atoms with E-state index < -0.39 is 0 Å². The lowest BCUT2D eigenvalue weighted by molar-refractivity contribution is 0.0932. The van der Waals surface area contributed by atoms with Crippen LogP contribution in [0, 0.1) is 6.92 Å². The van der Waals surface area contributed by atoms with Gasteiger partial charge in [-0.15, -0.1) is 0 Å². The van der Waals surface area contributed by atoms with Crippen molar-refractivity contribution in [1.29, 1.82) is 0 Å². The van der Waals surface area contributed by atoms with E-state index in [1.165, 1.54) is 18.4 Å². The lowest BCUT2D eigenvalue weighted by Crippen LogP contribution is -2.33. The molecule has 1 amide bonds. The number of aromatic nitrogens is 2. The molecule has 2 aromatic rings. The van der Waals surface area contributed by atoms with Gasteiger partial charge in [-0.25, -0.2) is 9.97 Å². The van der Waals surface area contributed by atoms with Gasteiger partial charge in [-0.2, -0.15) is 0 Å². The van der Waals surface area contributed by atoms with Gasteiger partial charge in [-0.3, -0.25) is 4.79 Å². The molecule has 1 fully saturated rings. The quantitative estimate of drug-likeness (QED) is 0.799. The summed E-state index contributed by atoms with van der Waals surface area (Å²) in [5.74, 6) is 2.01. The molecule has 0 bridgehead atoms. The summed E-state index contributed by atoms with van der Waals surface area (Å²) in [7, 11) is 1.67. The van der Waals surface area contributed by atoms with Crippen LogP contribution in [0.3, 0.4) is 0 Å². The van der Waals surface area contributed by atoms with Gasteiger partial charge >= 0.3 is 0 Å². The minimum atomic E-state index is -0.113. The molecule has 1 aliphatic rings. The molecule has 6 heteroatoms. The number of amides is 1. The van der Waals surface area contributed by atoms with Gasteiger partial charge in [-0.1, -0.05) is 25.0 Å². The molecule has 3 rings (SSSR count). The number of aryl methyl sites for hydroxylation is 1. The number of hydrogen-bond donors (Lipinski definition) is 2. The number of carbonyl (C=O) groups is 1. The molecule has 0 aliphatic heterocycles. The Kier molecular flexibility index (Phi) is 6.04. The standard InChI is InChI=1S/C20H26N4O2/c1-14-22-18(20(25)24-16-7-3-4-8-16)13-19(23-14)21-11-10-15-6-5-9-17(12-15)26-2/h5-6,9,12-13,16H,3-4,7-8,10-11H2,1-2H3,(H,24,25)(H,21,22,23). The Morgan fingerprint density at radius 3 is 2.81 bits per heavy atom. The summed E-state index contributed by atoms with van der Waals surface area (Å²) in [6.07, 6.45) is 5.32. The molecule has 1 heterocycles. The van der Waals surface area contributed by atoms with Crippen molar-refractivity contribution in [3.63, 3.8) is 0 Å². The molecule has 1 aromatic heterocycles. The van der Waals surface area contributed by atoms with Gasteiger partial charge in [0.25, 0.3) is 5.91 Å². The summed E-state index contributed by atoms with van der Waals surface area (Å²) < 4.78 is 5.25. The van der Waals surface area contributed by atoms with Gasteiger partial charge in [0.15, 0.2) is 0 Å². The predicted octanol–water partition coefficient (Wildman–Crippen LogP) is 3.12. The first-order valence-corrected chi connectivity index (χ1v) is 9.17. The summed E-state index contributed by atoms with van der Waals surface area (Å²) in [6, 6.07) is 10.0. The fourth-order valence-corrected chi connectivity index (χ4v) is 3.27. The number of nitrogens with zero attached hydrogens (tertiary/aromatic N) is 2. The Morgan fingerprint density at radius 2 is 2.04 bits per heavy atom. The van der Waals surface area contributed by atoms with Crippen LogP contribution in [-0.2, 0) is 6.42 Å². The summed E-state index contributed by atoms with van der Waals surface area (Å²) in [6.45, 7) is 2.52. The zero-order valence-corrected chi connectivity index (χ0v) is 15.4. The van der Waals surface area contributed by atoms with Gasteiger partial charge in [0.1, 0.15) is 23.1 Å². The van der Waals surface area contributed by atoms with Crippen molar-refractivity contribution >= 4 is 11.7 Å². The zero-order chi connectivity index (χ0) is 18.4. The molecule has 0 atom stereocenters. The van der Waals surface area contributed by atoms with Gasteiger partial charge in [0, 0.05) is 18.7 Å². The van der Waals surface area contributed by atoms with E-state index in [0.717, 1.165) is 25.0 Å². The smallest absolute Gasteiger partial charge is 0.270 e. The second kappa shape index (κ2) is 8.65. The van der Waals surface area contributed by atoms with E-state index in [4.69, 9.17) is 4.74 Å². The van der Waals surface area contributed by atoms with Crippen LogP contribution >= 0.6 is 0 Å².